The number of likely N-dealkylation sites (tertiary alicyclic amines) is 1. The van der Waals surface area contributed by atoms with Crippen molar-refractivity contribution in [3.8, 4) is 0 Å². The number of hydrogen-bond acceptors (Lipinski definition) is 3. The third kappa shape index (κ3) is 3.80. The van der Waals surface area contributed by atoms with Gasteiger partial charge in [0, 0.05) is 18.6 Å². The van der Waals surface area contributed by atoms with E-state index >= 15 is 0 Å². The topological polar surface area (TPSA) is 15.3 Å². The van der Waals surface area contributed by atoms with Crippen molar-refractivity contribution in [1.29, 1.82) is 0 Å². The largest absolute Gasteiger partial charge is 0.313 e. The number of nitrogens with one attached hydrogen (secondary N) is 1. The van der Waals surface area contributed by atoms with E-state index in [-0.39, 0.29) is 0 Å². The second kappa shape index (κ2) is 6.53. The summed E-state index contributed by atoms with van der Waals surface area (Å²) in [5.41, 5.74) is 1.49. The zero-order chi connectivity index (χ0) is 12.1. The molecular formula is C14H24N2S. The van der Waals surface area contributed by atoms with Crippen LogP contribution in [0.3, 0.4) is 0 Å². The lowest BCUT2D eigenvalue weighted by molar-refractivity contribution is 0.146. The Bertz CT molecular complexity index is 308. The minimum absolute atomic E-state index is 0.672. The van der Waals surface area contributed by atoms with Crippen molar-refractivity contribution in [2.45, 2.75) is 45.2 Å². The number of hydrogen-bond donors (Lipinski definition) is 1. The van der Waals surface area contributed by atoms with Crippen molar-refractivity contribution in [2.75, 3.05) is 19.6 Å². The van der Waals surface area contributed by atoms with Gasteiger partial charge in [-0.15, -0.1) is 0 Å². The van der Waals surface area contributed by atoms with Crippen LogP contribution in [0.2, 0.25) is 0 Å². The summed E-state index contributed by atoms with van der Waals surface area (Å²) in [5, 5.41) is 8.05. The fourth-order valence-electron chi connectivity index (χ4n) is 2.74. The predicted octanol–water partition coefficient (Wildman–Crippen LogP) is 2.75. The number of thiophene rings is 1. The molecule has 1 saturated heterocycles. The molecule has 3 heteroatoms. The van der Waals surface area contributed by atoms with Crippen LogP contribution in [-0.4, -0.2) is 36.6 Å². The van der Waals surface area contributed by atoms with Gasteiger partial charge in [-0.05, 0) is 61.7 Å². The van der Waals surface area contributed by atoms with Crippen molar-refractivity contribution in [3.05, 3.63) is 22.4 Å². The molecule has 1 N–H and O–H groups in total. The number of piperidine rings is 1. The lowest BCUT2D eigenvalue weighted by Crippen LogP contribution is -2.49. The summed E-state index contributed by atoms with van der Waals surface area (Å²) in [6.07, 6.45) is 3.88. The van der Waals surface area contributed by atoms with Crippen LogP contribution in [0, 0.1) is 0 Å². The molecule has 2 atom stereocenters. The Morgan fingerprint density at radius 2 is 2.47 bits per heavy atom. The monoisotopic (exact) mass is 252 g/mol. The van der Waals surface area contributed by atoms with Crippen LogP contribution >= 0.6 is 11.3 Å². The first kappa shape index (κ1) is 13.1. The van der Waals surface area contributed by atoms with Gasteiger partial charge in [0.05, 0.1) is 0 Å². The Morgan fingerprint density at radius 1 is 1.59 bits per heavy atom. The highest BCUT2D eigenvalue weighted by atomic mass is 32.1. The Kier molecular flexibility index (Phi) is 5.01. The summed E-state index contributed by atoms with van der Waals surface area (Å²) in [7, 11) is 0. The van der Waals surface area contributed by atoms with Crippen LogP contribution < -0.4 is 5.32 Å². The first-order valence-electron chi connectivity index (χ1n) is 6.78. The van der Waals surface area contributed by atoms with Crippen LogP contribution in [0.4, 0.5) is 0 Å². The zero-order valence-corrected chi connectivity index (χ0v) is 11.8. The highest BCUT2D eigenvalue weighted by Crippen LogP contribution is 2.17. The van der Waals surface area contributed by atoms with Gasteiger partial charge in [-0.2, -0.15) is 11.3 Å². The molecule has 2 heterocycles. The van der Waals surface area contributed by atoms with Gasteiger partial charge in [-0.25, -0.2) is 0 Å². The van der Waals surface area contributed by atoms with Gasteiger partial charge in [0.2, 0.25) is 0 Å². The lowest BCUT2D eigenvalue weighted by Gasteiger charge is -2.37. The predicted molar refractivity (Wildman–Crippen MR) is 75.8 cm³/mol. The maximum absolute atomic E-state index is 3.59. The average Bonchev–Trinajstić information content (AvgIpc) is 2.83. The van der Waals surface area contributed by atoms with Crippen molar-refractivity contribution in [2.24, 2.45) is 0 Å². The van der Waals surface area contributed by atoms with Gasteiger partial charge in [0.1, 0.15) is 0 Å². The van der Waals surface area contributed by atoms with Crippen molar-refractivity contribution in [3.63, 3.8) is 0 Å². The molecule has 1 aromatic rings. The number of rotatable bonds is 5. The van der Waals surface area contributed by atoms with E-state index in [9.17, 15) is 0 Å². The highest BCUT2D eigenvalue weighted by molar-refractivity contribution is 7.07. The molecule has 1 aromatic heterocycles. The van der Waals surface area contributed by atoms with Crippen LogP contribution in [0.25, 0.3) is 0 Å². The maximum atomic E-state index is 3.59. The summed E-state index contributed by atoms with van der Waals surface area (Å²) in [4.78, 5) is 2.65. The van der Waals surface area contributed by atoms with Crippen molar-refractivity contribution >= 4 is 11.3 Å². The van der Waals surface area contributed by atoms with Gasteiger partial charge in [-0.3, -0.25) is 4.90 Å². The SMILES string of the molecule is CCNC1CCCN(C(C)Cc2ccsc2)C1. The van der Waals surface area contributed by atoms with E-state index < -0.39 is 0 Å². The Hall–Kier alpha value is -0.380. The Morgan fingerprint density at radius 3 is 3.18 bits per heavy atom. The molecular weight excluding hydrogens is 228 g/mol. The minimum Gasteiger partial charge on any atom is -0.313 e. The maximum Gasteiger partial charge on any atom is 0.0195 e. The molecule has 96 valence electrons. The molecule has 2 unspecified atom stereocenters. The van der Waals surface area contributed by atoms with Gasteiger partial charge >= 0.3 is 0 Å². The molecule has 0 aromatic carbocycles. The number of nitrogens with zero attached hydrogens (tertiary/aromatic N) is 1. The first-order chi connectivity index (χ1) is 8.29. The van der Waals surface area contributed by atoms with E-state index in [1.165, 1.54) is 37.9 Å². The molecule has 2 rings (SSSR count). The van der Waals surface area contributed by atoms with Crippen LogP contribution in [0.15, 0.2) is 16.8 Å². The van der Waals surface area contributed by atoms with Gasteiger partial charge < -0.3 is 5.32 Å². The third-order valence-corrected chi connectivity index (χ3v) is 4.41. The molecule has 0 saturated carbocycles. The van der Waals surface area contributed by atoms with Gasteiger partial charge in [-0.1, -0.05) is 6.92 Å². The Balaban J connectivity index is 1.84. The first-order valence-corrected chi connectivity index (χ1v) is 7.72. The van der Waals surface area contributed by atoms with Crippen LogP contribution in [-0.2, 0) is 6.42 Å². The smallest absolute Gasteiger partial charge is 0.0195 e. The second-order valence-electron chi connectivity index (χ2n) is 5.08. The standard InChI is InChI=1S/C14H24N2S/c1-3-15-14-5-4-7-16(10-14)12(2)9-13-6-8-17-11-13/h6,8,11-12,14-15H,3-5,7,9-10H2,1-2H3. The van der Waals surface area contributed by atoms with Gasteiger partial charge in [0.15, 0.2) is 0 Å². The molecule has 0 radical (unpaired) electrons. The quantitative estimate of drug-likeness (QED) is 0.867. The van der Waals surface area contributed by atoms with E-state index in [4.69, 9.17) is 0 Å². The second-order valence-corrected chi connectivity index (χ2v) is 5.86. The van der Waals surface area contributed by atoms with E-state index in [0.29, 0.717) is 12.1 Å². The summed E-state index contributed by atoms with van der Waals surface area (Å²) >= 11 is 1.81. The fraction of sp³-hybridized carbons (Fsp3) is 0.714. The normalized spacial score (nSPS) is 23.8. The molecule has 0 bridgehead atoms. The zero-order valence-electron chi connectivity index (χ0n) is 11.0. The fourth-order valence-corrected chi connectivity index (χ4v) is 3.42. The van der Waals surface area contributed by atoms with Gasteiger partial charge in [0.25, 0.3) is 0 Å². The van der Waals surface area contributed by atoms with E-state index in [1.54, 1.807) is 11.3 Å². The lowest BCUT2D eigenvalue weighted by atomic mass is 10.0. The summed E-state index contributed by atoms with van der Waals surface area (Å²) < 4.78 is 0. The average molecular weight is 252 g/mol. The van der Waals surface area contributed by atoms with Crippen molar-refractivity contribution in [1.82, 2.24) is 10.2 Å². The molecule has 17 heavy (non-hydrogen) atoms. The molecule has 0 aliphatic carbocycles. The summed E-state index contributed by atoms with van der Waals surface area (Å²) in [6, 6.07) is 3.64. The number of likely N-dealkylation sites (N-methyl/N-ethyl adjacent to an activating group) is 1. The summed E-state index contributed by atoms with van der Waals surface area (Å²) in [6.45, 7) is 8.16. The Labute approximate surface area is 109 Å². The molecule has 1 fully saturated rings. The van der Waals surface area contributed by atoms with E-state index in [2.05, 4.69) is 40.9 Å². The van der Waals surface area contributed by atoms with E-state index in [1.807, 2.05) is 0 Å². The molecule has 0 spiro atoms. The summed E-state index contributed by atoms with van der Waals surface area (Å²) in [5.74, 6) is 0. The molecule has 1 aliphatic rings. The molecule has 0 amide bonds. The van der Waals surface area contributed by atoms with Crippen LogP contribution in [0.5, 0.6) is 0 Å². The van der Waals surface area contributed by atoms with Crippen molar-refractivity contribution < 1.29 is 0 Å². The molecule has 1 aliphatic heterocycles. The van der Waals surface area contributed by atoms with E-state index in [0.717, 1.165) is 6.54 Å². The third-order valence-electron chi connectivity index (χ3n) is 3.68. The minimum atomic E-state index is 0.672. The molecule has 2 nitrogen and oxygen atoms in total. The highest BCUT2D eigenvalue weighted by Gasteiger charge is 2.22. The van der Waals surface area contributed by atoms with Crippen LogP contribution in [0.1, 0.15) is 32.3 Å².